The number of aromatic hydroxyl groups is 2. The number of H-pyrrole nitrogens is 2. The van der Waals surface area contributed by atoms with Gasteiger partial charge in [0.2, 0.25) is 0 Å². The molecule has 9 rings (SSSR count). The Hall–Kier alpha value is -5.84. The molecule has 0 saturated heterocycles. The van der Waals surface area contributed by atoms with Crippen molar-refractivity contribution >= 4 is 29.5 Å². The van der Waals surface area contributed by atoms with Crippen molar-refractivity contribution in [3.8, 4) is 17.2 Å². The number of phenols is 2. The van der Waals surface area contributed by atoms with Gasteiger partial charge in [0.1, 0.15) is 17.4 Å². The second kappa shape index (κ2) is 17.3. The smallest absolute Gasteiger partial charge is 0.161 e. The zero-order valence-corrected chi connectivity index (χ0v) is 34.5. The molecule has 4 aliphatic rings. The number of aliphatic hydroxyl groups is 2. The summed E-state index contributed by atoms with van der Waals surface area (Å²) in [5.74, 6) is -1.42. The third-order valence-electron chi connectivity index (χ3n) is 13.5. The van der Waals surface area contributed by atoms with Gasteiger partial charge >= 0.3 is 0 Å². The maximum absolute atomic E-state index is 15.4. The number of ketones is 2. The number of fused-ring (bicyclic) bond motifs is 8. The number of ether oxygens (including phenoxy) is 1. The predicted octanol–water partition coefficient (Wildman–Crippen LogP) is 8.33. The highest BCUT2D eigenvalue weighted by Gasteiger charge is 2.45. The van der Waals surface area contributed by atoms with E-state index in [2.05, 4.69) is 33.5 Å². The molecule has 5 aromatic rings. The fourth-order valence-electron chi connectivity index (χ4n) is 10.3. The number of phenolic OH excluding ortho intramolecular Hbond substituents is 2. The average Bonchev–Trinajstić information content (AvgIpc) is 4.03. The minimum absolute atomic E-state index is 0.0180. The van der Waals surface area contributed by atoms with Crippen molar-refractivity contribution in [1.82, 2.24) is 9.97 Å². The zero-order chi connectivity index (χ0) is 42.1. The number of benzene rings is 3. The van der Waals surface area contributed by atoms with Gasteiger partial charge in [0.15, 0.2) is 17.3 Å². The first-order chi connectivity index (χ1) is 29.6. The number of anilines is 1. The summed E-state index contributed by atoms with van der Waals surface area (Å²) in [6.45, 7) is -0.0465. The Labute approximate surface area is 356 Å². The van der Waals surface area contributed by atoms with Crippen LogP contribution in [0.1, 0.15) is 107 Å². The molecule has 0 amide bonds. The summed E-state index contributed by atoms with van der Waals surface area (Å²) in [7, 11) is 0. The third-order valence-corrected chi connectivity index (χ3v) is 13.5. The summed E-state index contributed by atoms with van der Waals surface area (Å²) in [6, 6.07) is 21.6. The molecular formula is C51H55N3O7. The van der Waals surface area contributed by atoms with Crippen LogP contribution in [0, 0.1) is 11.8 Å². The Bertz CT molecular complexity index is 2490. The second-order valence-corrected chi connectivity index (χ2v) is 17.6. The van der Waals surface area contributed by atoms with E-state index in [0.29, 0.717) is 55.5 Å². The van der Waals surface area contributed by atoms with Gasteiger partial charge in [-0.15, -0.1) is 0 Å². The minimum Gasteiger partial charge on any atom is -0.507 e. The highest BCUT2D eigenvalue weighted by molar-refractivity contribution is 6.05. The summed E-state index contributed by atoms with van der Waals surface area (Å²) >= 11 is 0. The van der Waals surface area contributed by atoms with E-state index >= 15 is 4.79 Å². The number of aryl methyl sites for hydroxylation is 2. The van der Waals surface area contributed by atoms with Gasteiger partial charge in [-0.2, -0.15) is 0 Å². The fourth-order valence-corrected chi connectivity index (χ4v) is 10.3. The Morgan fingerprint density at radius 1 is 0.820 bits per heavy atom. The predicted molar refractivity (Wildman–Crippen MR) is 236 cm³/mol. The van der Waals surface area contributed by atoms with E-state index in [9.17, 15) is 25.2 Å². The number of aromatic amines is 2. The second-order valence-electron chi connectivity index (χ2n) is 17.6. The molecule has 3 aliphatic carbocycles. The van der Waals surface area contributed by atoms with Gasteiger partial charge in [0.05, 0.1) is 17.6 Å². The molecule has 316 valence electrons. The average molecular weight is 822 g/mol. The zero-order valence-electron chi connectivity index (χ0n) is 34.5. The van der Waals surface area contributed by atoms with Crippen LogP contribution in [0.2, 0.25) is 0 Å². The quantitative estimate of drug-likeness (QED) is 0.0840. The molecule has 2 aromatic heterocycles. The van der Waals surface area contributed by atoms with Crippen LogP contribution in [0.3, 0.4) is 0 Å². The number of rotatable bonds is 6. The van der Waals surface area contributed by atoms with Crippen LogP contribution in [0.15, 0.2) is 90.8 Å². The molecular weight excluding hydrogens is 767 g/mol. The lowest BCUT2D eigenvalue weighted by Crippen LogP contribution is -2.40. The Balaban J connectivity index is 1.11. The van der Waals surface area contributed by atoms with Crippen LogP contribution >= 0.6 is 0 Å². The van der Waals surface area contributed by atoms with Gasteiger partial charge < -0.3 is 40.4 Å². The normalized spacial score (nSPS) is 23.2. The van der Waals surface area contributed by atoms with Gasteiger partial charge in [0.25, 0.3) is 0 Å². The standard InChI is InChI=1S/C51H55N3O7/c55-22-17-41-45(57)12-11-33-26-36(48(58)46(27-33)61-38-8-1-2-9-38)25-32-6-3-5-31(23-32)24-35-15-20-53-50(35)54-30-37-28-43-40(16-21-52-43)42(47(37)49(41)59)29-51(60)18-13-34-7-4-10-44(56)39(34)14-19-51/h3-7,10,14-16,19-21,23,26-28,38,41-42,47,52-56,58,60H,1-2,8-9,11-13,17-18,22,24-25,29-30H2. The van der Waals surface area contributed by atoms with Gasteiger partial charge in [-0.3, -0.25) is 9.59 Å². The summed E-state index contributed by atoms with van der Waals surface area (Å²) < 4.78 is 6.42. The summed E-state index contributed by atoms with van der Waals surface area (Å²) in [6.07, 6.45) is 15.9. The van der Waals surface area contributed by atoms with Crippen LogP contribution in [0.25, 0.3) is 12.2 Å². The number of Topliss-reactive ketones (excluding diaryl/α,β-unsaturated/α-hetero) is 2. The minimum atomic E-state index is -1.34. The van der Waals surface area contributed by atoms with E-state index < -0.39 is 23.4 Å². The molecule has 0 spiro atoms. The van der Waals surface area contributed by atoms with Crippen molar-refractivity contribution < 1.29 is 34.8 Å². The number of carbonyl (C=O) groups is 2. The topological polar surface area (TPSA) is 168 Å². The van der Waals surface area contributed by atoms with Gasteiger partial charge in [-0.05, 0) is 127 Å². The molecule has 7 N–H and O–H groups in total. The van der Waals surface area contributed by atoms with E-state index in [1.165, 1.54) is 0 Å². The number of nitrogens with one attached hydrogen (secondary N) is 3. The molecule has 3 heterocycles. The van der Waals surface area contributed by atoms with Crippen molar-refractivity contribution in [2.45, 2.75) is 94.7 Å². The highest BCUT2D eigenvalue weighted by Crippen LogP contribution is 2.47. The lowest BCUT2D eigenvalue weighted by atomic mass is 9.67. The number of hydrogen-bond acceptors (Lipinski definition) is 8. The van der Waals surface area contributed by atoms with Gasteiger partial charge in [-0.25, -0.2) is 0 Å². The molecule has 1 aliphatic heterocycles. The van der Waals surface area contributed by atoms with Crippen LogP contribution in [0.5, 0.6) is 17.2 Å². The van der Waals surface area contributed by atoms with E-state index in [0.717, 1.165) is 76.1 Å². The maximum Gasteiger partial charge on any atom is 0.161 e. The monoisotopic (exact) mass is 821 g/mol. The van der Waals surface area contributed by atoms with Gasteiger partial charge in [0, 0.05) is 73.5 Å². The van der Waals surface area contributed by atoms with E-state index in [1.807, 2.05) is 54.9 Å². The molecule has 4 unspecified atom stereocenters. The van der Waals surface area contributed by atoms with Gasteiger partial charge in [-0.1, -0.05) is 54.6 Å². The molecule has 10 nitrogen and oxygen atoms in total. The number of aromatic nitrogens is 2. The SMILES string of the molecule is O=C1CCc2cc(c(O)c(OC3CCCC3)c2)Cc2cccc(c2)Cc2cc[nH]c2NCC2=Cc3[nH]ccc3C(CC3(O)C=Cc4c(O)cccc4CC3)C2C(=O)C1CCO. The Morgan fingerprint density at radius 2 is 1.61 bits per heavy atom. The number of hydrogen-bond donors (Lipinski definition) is 7. The summed E-state index contributed by atoms with van der Waals surface area (Å²) in [5, 5.41) is 48.7. The lowest BCUT2D eigenvalue weighted by Gasteiger charge is -2.38. The third kappa shape index (κ3) is 8.57. The molecule has 10 heteroatoms. The molecule has 3 aromatic carbocycles. The first-order valence-electron chi connectivity index (χ1n) is 21.9. The maximum atomic E-state index is 15.4. The van der Waals surface area contributed by atoms with Crippen LogP contribution in [-0.2, 0) is 35.3 Å². The first-order valence-corrected chi connectivity index (χ1v) is 21.9. The molecule has 1 saturated carbocycles. The van der Waals surface area contributed by atoms with E-state index in [-0.39, 0.29) is 55.0 Å². The van der Waals surface area contributed by atoms with Crippen molar-refractivity contribution in [2.24, 2.45) is 11.8 Å². The first kappa shape index (κ1) is 40.6. The van der Waals surface area contributed by atoms with E-state index in [1.54, 1.807) is 24.3 Å². The molecule has 0 radical (unpaired) electrons. The summed E-state index contributed by atoms with van der Waals surface area (Å²) in [5.41, 5.74) is 7.52. The fraction of sp³-hybridized carbons (Fsp3) is 0.373. The van der Waals surface area contributed by atoms with Crippen molar-refractivity contribution in [2.75, 3.05) is 18.5 Å². The molecule has 61 heavy (non-hydrogen) atoms. The van der Waals surface area contributed by atoms with Crippen LogP contribution < -0.4 is 10.1 Å². The van der Waals surface area contributed by atoms with Crippen LogP contribution in [0.4, 0.5) is 5.82 Å². The van der Waals surface area contributed by atoms with E-state index in [4.69, 9.17) is 4.74 Å². The lowest BCUT2D eigenvalue weighted by molar-refractivity contribution is -0.135. The van der Waals surface area contributed by atoms with Crippen LogP contribution in [-0.4, -0.2) is 66.8 Å². The molecule has 4 atom stereocenters. The number of carbonyl (C=O) groups excluding carboxylic acids is 2. The molecule has 4 bridgehead atoms. The van der Waals surface area contributed by atoms with Crippen molar-refractivity contribution in [1.29, 1.82) is 0 Å². The largest absolute Gasteiger partial charge is 0.507 e. The molecule has 1 fully saturated rings. The Kier molecular flexibility index (Phi) is 11.5. The number of aliphatic hydroxyl groups excluding tert-OH is 1. The van der Waals surface area contributed by atoms with Crippen molar-refractivity contribution in [3.05, 3.63) is 141 Å². The Morgan fingerprint density at radius 3 is 2.43 bits per heavy atom. The highest BCUT2D eigenvalue weighted by atomic mass is 16.5. The summed E-state index contributed by atoms with van der Waals surface area (Å²) in [4.78, 5) is 36.6. The van der Waals surface area contributed by atoms with Crippen molar-refractivity contribution in [3.63, 3.8) is 0 Å².